The molecule has 1 amide bonds. The average molecular weight is 398 g/mol. The lowest BCUT2D eigenvalue weighted by Gasteiger charge is -2.34. The lowest BCUT2D eigenvalue weighted by molar-refractivity contribution is -0.133. The van der Waals surface area contributed by atoms with Crippen molar-refractivity contribution in [2.45, 2.75) is 19.8 Å². The van der Waals surface area contributed by atoms with Gasteiger partial charge in [-0.15, -0.1) is 0 Å². The number of Topliss-reactive ketones (excluding diaryl/α,β-unsaturated/α-hetero) is 1. The number of ether oxygens (including phenoxy) is 1. The Morgan fingerprint density at radius 3 is 2.45 bits per heavy atom. The highest BCUT2D eigenvalue weighted by Crippen LogP contribution is 2.13. The van der Waals surface area contributed by atoms with Gasteiger partial charge in [-0.05, 0) is 49.2 Å². The first-order valence-electron chi connectivity index (χ1n) is 10.0. The van der Waals surface area contributed by atoms with Gasteiger partial charge in [-0.2, -0.15) is 0 Å². The molecule has 2 aromatic carbocycles. The van der Waals surface area contributed by atoms with Crippen molar-refractivity contribution in [3.05, 3.63) is 65.5 Å². The number of rotatable bonds is 8. The summed E-state index contributed by atoms with van der Waals surface area (Å²) >= 11 is 0. The fraction of sp³-hybridized carbons (Fsp3) is 0.391. The maximum absolute atomic E-state index is 13.4. The topological polar surface area (TPSA) is 49.9 Å². The number of carbonyl (C=O) groups excluding carboxylic acids is 2. The summed E-state index contributed by atoms with van der Waals surface area (Å²) in [5.41, 5.74) is 1.00. The molecule has 1 heterocycles. The number of nitrogens with zero attached hydrogens (tertiary/aromatic N) is 2. The van der Waals surface area contributed by atoms with E-state index in [2.05, 4.69) is 0 Å². The first kappa shape index (κ1) is 21.0. The first-order valence-corrected chi connectivity index (χ1v) is 10.0. The van der Waals surface area contributed by atoms with Crippen LogP contribution in [0.15, 0.2) is 48.5 Å². The third kappa shape index (κ3) is 6.12. The Labute approximate surface area is 171 Å². The molecule has 1 saturated heterocycles. The molecule has 0 atom stereocenters. The summed E-state index contributed by atoms with van der Waals surface area (Å²) in [7, 11) is 0. The highest BCUT2D eigenvalue weighted by Gasteiger charge is 2.22. The summed E-state index contributed by atoms with van der Waals surface area (Å²) in [6.07, 6.45) is 1.14. The lowest BCUT2D eigenvalue weighted by Crippen LogP contribution is -2.49. The van der Waals surface area contributed by atoms with E-state index in [4.69, 9.17) is 4.74 Å². The van der Waals surface area contributed by atoms with E-state index in [9.17, 15) is 14.0 Å². The van der Waals surface area contributed by atoms with Crippen LogP contribution in [0.25, 0.3) is 0 Å². The van der Waals surface area contributed by atoms with Crippen molar-refractivity contribution in [2.24, 2.45) is 0 Å². The van der Waals surface area contributed by atoms with Crippen molar-refractivity contribution in [3.63, 3.8) is 0 Å². The summed E-state index contributed by atoms with van der Waals surface area (Å²) in [6, 6.07) is 14.0. The van der Waals surface area contributed by atoms with Crippen LogP contribution in [0.2, 0.25) is 0 Å². The summed E-state index contributed by atoms with van der Waals surface area (Å²) in [4.78, 5) is 28.7. The van der Waals surface area contributed by atoms with Crippen molar-refractivity contribution < 1.29 is 18.7 Å². The van der Waals surface area contributed by atoms with Crippen LogP contribution in [0, 0.1) is 12.7 Å². The Hall–Kier alpha value is -2.73. The van der Waals surface area contributed by atoms with E-state index in [1.54, 1.807) is 13.0 Å². The van der Waals surface area contributed by atoms with Crippen molar-refractivity contribution in [2.75, 3.05) is 39.3 Å². The molecule has 0 radical (unpaired) electrons. The number of para-hydroxylation sites is 1. The van der Waals surface area contributed by atoms with Gasteiger partial charge in [0.2, 0.25) is 5.91 Å². The summed E-state index contributed by atoms with van der Waals surface area (Å²) in [6.45, 7) is 5.03. The monoisotopic (exact) mass is 398 g/mol. The van der Waals surface area contributed by atoms with Gasteiger partial charge >= 0.3 is 0 Å². The molecule has 5 nitrogen and oxygen atoms in total. The summed E-state index contributed by atoms with van der Waals surface area (Å²) in [5, 5.41) is 0. The van der Waals surface area contributed by atoms with Gasteiger partial charge in [-0.1, -0.05) is 18.2 Å². The Balaban J connectivity index is 1.36. The second kappa shape index (κ2) is 10.2. The Morgan fingerprint density at radius 2 is 1.76 bits per heavy atom. The quantitative estimate of drug-likeness (QED) is 0.506. The molecule has 1 aliphatic rings. The molecule has 1 aliphatic heterocycles. The van der Waals surface area contributed by atoms with Gasteiger partial charge in [0.25, 0.3) is 0 Å². The minimum atomic E-state index is -0.303. The number of benzene rings is 2. The maximum Gasteiger partial charge on any atom is 0.222 e. The molecule has 0 saturated carbocycles. The van der Waals surface area contributed by atoms with Gasteiger partial charge in [0.15, 0.2) is 5.78 Å². The van der Waals surface area contributed by atoms with Crippen molar-refractivity contribution in [3.8, 4) is 5.75 Å². The Kier molecular flexibility index (Phi) is 7.36. The molecule has 0 unspecified atom stereocenters. The number of ketones is 1. The van der Waals surface area contributed by atoms with E-state index < -0.39 is 0 Å². The fourth-order valence-corrected chi connectivity index (χ4v) is 3.36. The maximum atomic E-state index is 13.4. The predicted molar refractivity (Wildman–Crippen MR) is 110 cm³/mol. The number of hydrogen-bond donors (Lipinski definition) is 0. The van der Waals surface area contributed by atoms with Crippen LogP contribution in [0.4, 0.5) is 4.39 Å². The van der Waals surface area contributed by atoms with Crippen molar-refractivity contribution in [1.29, 1.82) is 0 Å². The van der Waals surface area contributed by atoms with Crippen molar-refractivity contribution >= 4 is 11.7 Å². The van der Waals surface area contributed by atoms with Gasteiger partial charge in [-0.3, -0.25) is 14.5 Å². The second-order valence-electron chi connectivity index (χ2n) is 7.31. The van der Waals surface area contributed by atoms with Crippen LogP contribution in [-0.2, 0) is 4.79 Å². The molecule has 2 aromatic rings. The molecule has 3 rings (SSSR count). The highest BCUT2D eigenvalue weighted by atomic mass is 19.1. The van der Waals surface area contributed by atoms with Crippen LogP contribution in [0.5, 0.6) is 5.75 Å². The zero-order chi connectivity index (χ0) is 20.6. The molecule has 6 heteroatoms. The van der Waals surface area contributed by atoms with Crippen LogP contribution in [-0.4, -0.2) is 60.8 Å². The molecule has 0 bridgehead atoms. The first-order chi connectivity index (χ1) is 14.0. The zero-order valence-corrected chi connectivity index (χ0v) is 16.8. The number of halogens is 1. The smallest absolute Gasteiger partial charge is 0.222 e. The number of carbonyl (C=O) groups is 2. The largest absolute Gasteiger partial charge is 0.494 e. The highest BCUT2D eigenvalue weighted by molar-refractivity contribution is 5.97. The molecule has 154 valence electrons. The molecule has 1 fully saturated rings. The van der Waals surface area contributed by atoms with E-state index in [0.29, 0.717) is 56.8 Å². The van der Waals surface area contributed by atoms with E-state index in [1.165, 1.54) is 12.1 Å². The molecule has 0 spiro atoms. The van der Waals surface area contributed by atoms with Gasteiger partial charge in [0.1, 0.15) is 11.6 Å². The van der Waals surface area contributed by atoms with Gasteiger partial charge < -0.3 is 9.64 Å². The number of aryl methyl sites for hydroxylation is 1. The molecule has 0 N–H and O–H groups in total. The summed E-state index contributed by atoms with van der Waals surface area (Å²) < 4.78 is 19.0. The van der Waals surface area contributed by atoms with Crippen LogP contribution in [0.1, 0.15) is 28.8 Å². The minimum absolute atomic E-state index is 0.0223. The molecular weight excluding hydrogens is 371 g/mol. The van der Waals surface area contributed by atoms with E-state index >= 15 is 0 Å². The lowest BCUT2D eigenvalue weighted by atomic mass is 10.1. The van der Waals surface area contributed by atoms with Crippen LogP contribution >= 0.6 is 0 Å². The number of amides is 1. The average Bonchev–Trinajstić information content (AvgIpc) is 2.74. The molecular formula is C23H27FN2O3. The van der Waals surface area contributed by atoms with E-state index in [-0.39, 0.29) is 24.1 Å². The SMILES string of the molecule is Cc1cc(C(=O)CN2CCN(C(=O)CCCOc3ccccc3)CC2)ccc1F. The minimum Gasteiger partial charge on any atom is -0.494 e. The number of hydrogen-bond acceptors (Lipinski definition) is 4. The van der Waals surface area contributed by atoms with Crippen LogP contribution in [0.3, 0.4) is 0 Å². The second-order valence-corrected chi connectivity index (χ2v) is 7.31. The third-order valence-electron chi connectivity index (χ3n) is 5.12. The fourth-order valence-electron chi connectivity index (χ4n) is 3.36. The zero-order valence-electron chi connectivity index (χ0n) is 16.8. The Bertz CT molecular complexity index is 833. The van der Waals surface area contributed by atoms with Gasteiger partial charge in [0, 0.05) is 38.2 Å². The molecule has 29 heavy (non-hydrogen) atoms. The normalized spacial score (nSPS) is 14.6. The van der Waals surface area contributed by atoms with Gasteiger partial charge in [-0.25, -0.2) is 4.39 Å². The Morgan fingerprint density at radius 1 is 1.03 bits per heavy atom. The predicted octanol–water partition coefficient (Wildman–Crippen LogP) is 3.32. The van der Waals surface area contributed by atoms with Crippen LogP contribution < -0.4 is 4.74 Å². The molecule has 0 aliphatic carbocycles. The van der Waals surface area contributed by atoms with E-state index in [1.807, 2.05) is 40.1 Å². The van der Waals surface area contributed by atoms with Gasteiger partial charge in [0.05, 0.1) is 13.2 Å². The van der Waals surface area contributed by atoms with E-state index in [0.717, 1.165) is 5.75 Å². The van der Waals surface area contributed by atoms with Crippen molar-refractivity contribution in [1.82, 2.24) is 9.80 Å². The number of piperazine rings is 1. The third-order valence-corrected chi connectivity index (χ3v) is 5.12. The summed E-state index contributed by atoms with van der Waals surface area (Å²) in [5.74, 6) is 0.616. The molecule has 0 aromatic heterocycles. The standard InChI is InChI=1S/C23H27FN2O3/c1-18-16-19(9-10-21(18)24)22(27)17-25-11-13-26(14-12-25)23(28)8-5-15-29-20-6-3-2-4-7-20/h2-4,6-7,9-10,16H,5,8,11-15,17H2,1H3.